The maximum atomic E-state index is 14.3. The Labute approximate surface area is 261 Å². The average Bonchev–Trinajstić information content (AvgIpc) is 3.03. The number of hydrogen-bond donors (Lipinski definition) is 2. The normalized spacial score (nSPS) is 15.4. The summed E-state index contributed by atoms with van der Waals surface area (Å²) in [6.07, 6.45) is -1.04. The van der Waals surface area contributed by atoms with Crippen molar-refractivity contribution in [3.63, 3.8) is 0 Å². The first-order valence-electron chi connectivity index (χ1n) is 15.0. The average molecular weight is 587 g/mol. The van der Waals surface area contributed by atoms with Crippen LogP contribution in [0.4, 0.5) is 22.7 Å². The lowest BCUT2D eigenvalue weighted by atomic mass is 9.71. The molecule has 2 N–H and O–H groups in total. The van der Waals surface area contributed by atoms with Crippen molar-refractivity contribution in [2.45, 2.75) is 13.0 Å². The van der Waals surface area contributed by atoms with Gasteiger partial charge in [-0.2, -0.15) is 0 Å². The highest BCUT2D eigenvalue weighted by atomic mass is 16.3. The Morgan fingerprint density at radius 3 is 1.11 bits per heavy atom. The number of Topliss-reactive ketones (excluding diaryl/α,β-unsaturated/α-hetero) is 1. The van der Waals surface area contributed by atoms with Crippen LogP contribution in [0.2, 0.25) is 0 Å². The number of anilines is 4. The number of rotatable bonds is 9. The molecule has 44 heavy (non-hydrogen) atoms. The second kappa shape index (κ2) is 12.8. The zero-order valence-corrected chi connectivity index (χ0v) is 26.7. The first-order chi connectivity index (χ1) is 21.1. The summed E-state index contributed by atoms with van der Waals surface area (Å²) >= 11 is 0. The number of benzene rings is 4. The molecule has 4 aromatic carbocycles. The summed E-state index contributed by atoms with van der Waals surface area (Å²) < 4.78 is 0. The van der Waals surface area contributed by atoms with E-state index >= 15 is 0 Å². The van der Waals surface area contributed by atoms with Crippen LogP contribution in [-0.2, 0) is 4.79 Å². The second-order valence-corrected chi connectivity index (χ2v) is 11.7. The van der Waals surface area contributed by atoms with Crippen LogP contribution in [0.15, 0.2) is 108 Å². The number of nitrogens with one attached hydrogen (secondary N) is 1. The van der Waals surface area contributed by atoms with Gasteiger partial charge in [-0.1, -0.05) is 48.5 Å². The van der Waals surface area contributed by atoms with Crippen LogP contribution in [0.1, 0.15) is 29.2 Å². The van der Waals surface area contributed by atoms with Crippen molar-refractivity contribution in [2.24, 2.45) is 0 Å². The molecule has 0 saturated heterocycles. The Morgan fingerprint density at radius 2 is 0.864 bits per heavy atom. The standard InChI is InChI=1S/C38H42N4O2/c1-8-39-29-17-9-25(10-18-29)33(26-11-19-30(20-12-26)40(2)3)35-37(43)36(38(35)44)34(27-13-21-31(22-14-27)41(4)5)28-15-23-32(24-16-28)42(6)7/h9-24,37,39,43H,8H2,1-7H3. The predicted octanol–water partition coefficient (Wildman–Crippen LogP) is 6.56. The molecule has 0 heterocycles. The first kappa shape index (κ1) is 30.6. The van der Waals surface area contributed by atoms with Gasteiger partial charge in [0.25, 0.3) is 0 Å². The number of nitrogens with zero attached hydrogens (tertiary/aromatic N) is 3. The molecule has 0 radical (unpaired) electrons. The summed E-state index contributed by atoms with van der Waals surface area (Å²) in [5.41, 5.74) is 10.1. The lowest BCUT2D eigenvalue weighted by Gasteiger charge is -2.33. The summed E-state index contributed by atoms with van der Waals surface area (Å²) in [7, 11) is 12.0. The van der Waals surface area contributed by atoms with Crippen LogP contribution in [0.25, 0.3) is 11.1 Å². The molecular formula is C38H42N4O2. The minimum absolute atomic E-state index is 0.136. The first-order valence-corrected chi connectivity index (χ1v) is 15.0. The van der Waals surface area contributed by atoms with Gasteiger partial charge >= 0.3 is 0 Å². The smallest absolute Gasteiger partial charge is 0.192 e. The van der Waals surface area contributed by atoms with Crippen molar-refractivity contribution < 1.29 is 9.90 Å². The second-order valence-electron chi connectivity index (χ2n) is 11.7. The van der Waals surface area contributed by atoms with Gasteiger partial charge in [0.05, 0.1) is 0 Å². The van der Waals surface area contributed by atoms with Gasteiger partial charge in [0, 0.05) is 82.7 Å². The largest absolute Gasteiger partial charge is 0.385 e. The molecule has 1 aliphatic rings. The molecule has 0 amide bonds. The molecule has 6 nitrogen and oxygen atoms in total. The quantitative estimate of drug-likeness (QED) is 0.217. The maximum absolute atomic E-state index is 14.3. The molecule has 6 heteroatoms. The highest BCUT2D eigenvalue weighted by molar-refractivity contribution is 6.28. The molecule has 0 aliphatic heterocycles. The van der Waals surface area contributed by atoms with Gasteiger partial charge in [0.2, 0.25) is 0 Å². The summed E-state index contributed by atoms with van der Waals surface area (Å²) in [5, 5.41) is 15.3. The van der Waals surface area contributed by atoms with E-state index in [9.17, 15) is 9.90 Å². The Morgan fingerprint density at radius 1 is 0.568 bits per heavy atom. The lowest BCUT2D eigenvalue weighted by Crippen LogP contribution is -2.39. The molecule has 1 aliphatic carbocycles. The molecule has 226 valence electrons. The van der Waals surface area contributed by atoms with E-state index in [4.69, 9.17) is 0 Å². The Bertz CT molecular complexity index is 1630. The van der Waals surface area contributed by atoms with E-state index in [1.165, 1.54) is 0 Å². The van der Waals surface area contributed by atoms with Gasteiger partial charge in [0.15, 0.2) is 5.78 Å². The summed E-state index contributed by atoms with van der Waals surface area (Å²) in [5.74, 6) is -0.136. The van der Waals surface area contributed by atoms with E-state index in [0.717, 1.165) is 62.7 Å². The number of hydrogen-bond acceptors (Lipinski definition) is 6. The number of carbonyl (C=O) groups excluding carboxylic acids is 1. The Kier molecular flexibility index (Phi) is 8.93. The molecule has 4 aromatic rings. The minimum Gasteiger partial charge on any atom is -0.385 e. The van der Waals surface area contributed by atoms with Gasteiger partial charge in [-0.25, -0.2) is 0 Å². The van der Waals surface area contributed by atoms with E-state index in [1.807, 2.05) is 154 Å². The van der Waals surface area contributed by atoms with Crippen molar-refractivity contribution in [1.82, 2.24) is 0 Å². The monoisotopic (exact) mass is 586 g/mol. The van der Waals surface area contributed by atoms with Crippen molar-refractivity contribution in [3.8, 4) is 0 Å². The molecule has 1 saturated carbocycles. The third-order valence-corrected chi connectivity index (χ3v) is 8.15. The lowest BCUT2D eigenvalue weighted by molar-refractivity contribution is -0.116. The van der Waals surface area contributed by atoms with E-state index in [2.05, 4.69) is 12.2 Å². The highest BCUT2D eigenvalue weighted by Crippen LogP contribution is 2.44. The van der Waals surface area contributed by atoms with Crippen LogP contribution >= 0.6 is 0 Å². The molecule has 5 rings (SSSR count). The van der Waals surface area contributed by atoms with Gasteiger partial charge in [-0.15, -0.1) is 0 Å². The maximum Gasteiger partial charge on any atom is 0.192 e. The number of carbonyl (C=O) groups is 1. The predicted molar refractivity (Wildman–Crippen MR) is 186 cm³/mol. The fourth-order valence-electron chi connectivity index (χ4n) is 5.65. The highest BCUT2D eigenvalue weighted by Gasteiger charge is 2.43. The van der Waals surface area contributed by atoms with E-state index in [-0.39, 0.29) is 5.78 Å². The number of aliphatic hydroxyl groups excluding tert-OH is 1. The Balaban J connectivity index is 1.69. The fraction of sp³-hybridized carbons (Fsp3) is 0.237. The summed E-state index contributed by atoms with van der Waals surface area (Å²) in [4.78, 5) is 20.5. The van der Waals surface area contributed by atoms with Crippen LogP contribution in [0.3, 0.4) is 0 Å². The van der Waals surface area contributed by atoms with Crippen LogP contribution in [0, 0.1) is 0 Å². The van der Waals surface area contributed by atoms with Gasteiger partial charge < -0.3 is 25.1 Å². The van der Waals surface area contributed by atoms with Crippen LogP contribution in [-0.4, -0.2) is 65.8 Å². The molecule has 1 unspecified atom stereocenters. The van der Waals surface area contributed by atoms with Crippen molar-refractivity contribution >= 4 is 39.7 Å². The zero-order chi connectivity index (χ0) is 31.5. The van der Waals surface area contributed by atoms with Crippen LogP contribution in [0.5, 0.6) is 0 Å². The van der Waals surface area contributed by atoms with E-state index in [0.29, 0.717) is 11.1 Å². The third-order valence-electron chi connectivity index (χ3n) is 8.15. The molecule has 0 aromatic heterocycles. The minimum atomic E-state index is -1.04. The molecule has 1 atom stereocenters. The van der Waals surface area contributed by atoms with Gasteiger partial charge in [0.1, 0.15) is 6.10 Å². The topological polar surface area (TPSA) is 59.1 Å². The molecule has 1 fully saturated rings. The van der Waals surface area contributed by atoms with Crippen molar-refractivity contribution in [3.05, 3.63) is 130 Å². The van der Waals surface area contributed by atoms with E-state index in [1.54, 1.807) is 0 Å². The van der Waals surface area contributed by atoms with Gasteiger partial charge in [-0.05, 0) is 88.9 Å². The van der Waals surface area contributed by atoms with Crippen LogP contribution < -0.4 is 20.0 Å². The fourth-order valence-corrected chi connectivity index (χ4v) is 5.65. The number of ketones is 1. The van der Waals surface area contributed by atoms with E-state index < -0.39 is 6.10 Å². The van der Waals surface area contributed by atoms with Gasteiger partial charge in [-0.3, -0.25) is 4.79 Å². The zero-order valence-electron chi connectivity index (χ0n) is 26.7. The molecule has 0 bridgehead atoms. The Hall–Kier alpha value is -4.81. The molecular weight excluding hydrogens is 544 g/mol. The van der Waals surface area contributed by atoms with Crippen molar-refractivity contribution in [1.29, 1.82) is 0 Å². The summed E-state index contributed by atoms with van der Waals surface area (Å²) in [6, 6.07) is 32.5. The summed E-state index contributed by atoms with van der Waals surface area (Å²) in [6.45, 7) is 2.88. The SMILES string of the molecule is CCNc1ccc(C(=C2C(=O)C(=C(c3ccc(N(C)C)cc3)c3ccc(N(C)C)cc3)C2O)c2ccc(N(C)C)cc2)cc1. The molecule has 0 spiro atoms. The van der Waals surface area contributed by atoms with Crippen molar-refractivity contribution in [2.75, 3.05) is 68.8 Å². The third kappa shape index (κ3) is 5.99. The number of aliphatic hydroxyl groups is 1.